The topological polar surface area (TPSA) is 114 Å². The standard InChI is InChI=1S/C24H41BN2O7/c1-22(2,3)32-21(31)26-12-19(28)27-13-15-11-17(20(29)30)16(18(15)14-27)9-8-10-25-33-23(4,5)24(6,7)34-25/h15-18H,8-14H2,1-7H3,(H,26,31)(H,29,30)/t15?,16?,17-,18?/m1/s1. The van der Waals surface area contributed by atoms with Crippen molar-refractivity contribution in [3.05, 3.63) is 0 Å². The molecule has 0 radical (unpaired) electrons. The lowest BCUT2D eigenvalue weighted by molar-refractivity contribution is -0.143. The van der Waals surface area contributed by atoms with Crippen LogP contribution in [-0.4, -0.2) is 71.5 Å². The van der Waals surface area contributed by atoms with Crippen molar-refractivity contribution in [1.29, 1.82) is 0 Å². The van der Waals surface area contributed by atoms with E-state index in [1.54, 1.807) is 25.7 Å². The molecular weight excluding hydrogens is 439 g/mol. The number of likely N-dealkylation sites (tertiary alicyclic amines) is 1. The Kier molecular flexibility index (Phi) is 7.63. The van der Waals surface area contributed by atoms with Crippen molar-refractivity contribution in [3.8, 4) is 0 Å². The lowest BCUT2D eigenvalue weighted by Crippen LogP contribution is -2.42. The lowest BCUT2D eigenvalue weighted by atomic mass is 9.77. The minimum absolute atomic E-state index is 0.0153. The summed E-state index contributed by atoms with van der Waals surface area (Å²) in [5, 5.41) is 12.3. The number of fused-ring (bicyclic) bond motifs is 1. The molecule has 0 aromatic heterocycles. The molecule has 0 spiro atoms. The highest BCUT2D eigenvalue weighted by atomic mass is 16.7. The molecule has 0 aromatic rings. The van der Waals surface area contributed by atoms with Gasteiger partial charge < -0.3 is 29.4 Å². The summed E-state index contributed by atoms with van der Waals surface area (Å²) >= 11 is 0. The van der Waals surface area contributed by atoms with Crippen LogP contribution in [0, 0.1) is 23.7 Å². The smallest absolute Gasteiger partial charge is 0.457 e. The molecule has 2 amide bonds. The fourth-order valence-corrected chi connectivity index (χ4v) is 5.51. The number of hydrogen-bond acceptors (Lipinski definition) is 6. The third-order valence-corrected chi connectivity index (χ3v) is 7.85. The van der Waals surface area contributed by atoms with Gasteiger partial charge in [0.1, 0.15) is 12.1 Å². The Labute approximate surface area is 203 Å². The van der Waals surface area contributed by atoms with Gasteiger partial charge in [0.25, 0.3) is 0 Å². The molecule has 1 aliphatic carbocycles. The van der Waals surface area contributed by atoms with E-state index in [9.17, 15) is 19.5 Å². The normalized spacial score (nSPS) is 29.7. The zero-order valence-corrected chi connectivity index (χ0v) is 21.7. The monoisotopic (exact) mass is 480 g/mol. The number of carboxylic acid groups (broad SMARTS) is 1. The molecule has 2 heterocycles. The maximum absolute atomic E-state index is 12.7. The van der Waals surface area contributed by atoms with Crippen molar-refractivity contribution in [3.63, 3.8) is 0 Å². The van der Waals surface area contributed by atoms with Crippen LogP contribution in [0.25, 0.3) is 0 Å². The number of nitrogens with zero attached hydrogens (tertiary/aromatic N) is 1. The molecular formula is C24H41BN2O7. The second kappa shape index (κ2) is 9.68. The Morgan fingerprint density at radius 1 is 1.12 bits per heavy atom. The number of hydrogen-bond donors (Lipinski definition) is 2. The first-order valence-corrected chi connectivity index (χ1v) is 12.4. The number of rotatable bonds is 7. The highest BCUT2D eigenvalue weighted by Crippen LogP contribution is 2.48. The van der Waals surface area contributed by atoms with E-state index in [2.05, 4.69) is 5.32 Å². The number of nitrogens with one attached hydrogen (secondary N) is 1. The van der Waals surface area contributed by atoms with Crippen LogP contribution in [0.15, 0.2) is 0 Å². The molecule has 3 aliphatic rings. The average Bonchev–Trinajstić information content (AvgIpc) is 3.28. The molecule has 10 heteroatoms. The van der Waals surface area contributed by atoms with Crippen LogP contribution in [0.5, 0.6) is 0 Å². The summed E-state index contributed by atoms with van der Waals surface area (Å²) < 4.78 is 17.3. The fourth-order valence-electron chi connectivity index (χ4n) is 5.51. The van der Waals surface area contributed by atoms with Crippen LogP contribution in [0.2, 0.25) is 6.32 Å². The Morgan fingerprint density at radius 3 is 2.29 bits per heavy atom. The molecule has 3 rings (SSSR count). The lowest BCUT2D eigenvalue weighted by Gasteiger charge is -2.32. The second-order valence-corrected chi connectivity index (χ2v) is 12.0. The molecule has 2 aliphatic heterocycles. The number of alkyl carbamates (subject to hydrolysis) is 1. The highest BCUT2D eigenvalue weighted by molar-refractivity contribution is 6.45. The van der Waals surface area contributed by atoms with E-state index in [-0.39, 0.29) is 54.4 Å². The van der Waals surface area contributed by atoms with E-state index in [1.165, 1.54) is 0 Å². The van der Waals surface area contributed by atoms with Crippen LogP contribution in [0.3, 0.4) is 0 Å². The van der Waals surface area contributed by atoms with Crippen LogP contribution in [-0.2, 0) is 23.6 Å². The summed E-state index contributed by atoms with van der Waals surface area (Å²) in [6.07, 6.45) is 2.26. The van der Waals surface area contributed by atoms with E-state index in [1.807, 2.05) is 27.7 Å². The Bertz CT molecular complexity index is 779. The minimum Gasteiger partial charge on any atom is -0.481 e. The van der Waals surface area contributed by atoms with E-state index < -0.39 is 17.7 Å². The van der Waals surface area contributed by atoms with Crippen LogP contribution in [0.1, 0.15) is 67.7 Å². The average molecular weight is 480 g/mol. The largest absolute Gasteiger partial charge is 0.481 e. The third kappa shape index (κ3) is 6.06. The summed E-state index contributed by atoms with van der Waals surface area (Å²) in [7, 11) is -0.286. The highest BCUT2D eigenvalue weighted by Gasteiger charge is 2.52. The third-order valence-electron chi connectivity index (χ3n) is 7.85. The molecule has 0 aromatic carbocycles. The van der Waals surface area contributed by atoms with Crippen LogP contribution >= 0.6 is 0 Å². The van der Waals surface area contributed by atoms with Gasteiger partial charge in [0.2, 0.25) is 5.91 Å². The van der Waals surface area contributed by atoms with Crippen LogP contribution in [0.4, 0.5) is 4.79 Å². The van der Waals surface area contributed by atoms with Gasteiger partial charge >= 0.3 is 19.2 Å². The minimum atomic E-state index is -0.750. The summed E-state index contributed by atoms with van der Waals surface area (Å²) in [6, 6.07) is 0. The Balaban J connectivity index is 1.52. The van der Waals surface area contributed by atoms with Crippen molar-refractivity contribution in [2.45, 2.75) is 90.9 Å². The Hall–Kier alpha value is -1.81. The zero-order chi connectivity index (χ0) is 25.5. The first-order valence-electron chi connectivity index (χ1n) is 12.4. The quantitative estimate of drug-likeness (QED) is 0.538. The van der Waals surface area contributed by atoms with Gasteiger partial charge in [-0.2, -0.15) is 0 Å². The van der Waals surface area contributed by atoms with Gasteiger partial charge in [-0.1, -0.05) is 6.42 Å². The number of carbonyl (C=O) groups excluding carboxylic acids is 2. The Morgan fingerprint density at radius 2 is 1.74 bits per heavy atom. The zero-order valence-electron chi connectivity index (χ0n) is 21.7. The van der Waals surface area contributed by atoms with Crippen molar-refractivity contribution >= 4 is 25.1 Å². The molecule has 1 saturated carbocycles. The fraction of sp³-hybridized carbons (Fsp3) is 0.875. The SMILES string of the molecule is CC(C)(C)OC(=O)NCC(=O)N1CC2C[C@@H](C(=O)O)C(CCCB3OC(C)(C)C(C)(C)O3)C2C1. The predicted molar refractivity (Wildman–Crippen MR) is 127 cm³/mol. The summed E-state index contributed by atoms with van der Waals surface area (Å²) in [4.78, 5) is 38.3. The van der Waals surface area contributed by atoms with Gasteiger partial charge in [0, 0.05) is 13.1 Å². The van der Waals surface area contributed by atoms with Gasteiger partial charge in [0.05, 0.1) is 17.1 Å². The number of aliphatic carboxylic acids is 1. The summed E-state index contributed by atoms with van der Waals surface area (Å²) in [5.41, 5.74) is -1.38. The van der Waals surface area contributed by atoms with E-state index in [0.717, 1.165) is 19.2 Å². The van der Waals surface area contributed by atoms with Crippen molar-refractivity contribution < 1.29 is 33.5 Å². The summed E-state index contributed by atoms with van der Waals surface area (Å²) in [5.74, 6) is -0.951. The molecule has 4 atom stereocenters. The maximum Gasteiger partial charge on any atom is 0.457 e. The van der Waals surface area contributed by atoms with E-state index >= 15 is 0 Å². The molecule has 2 saturated heterocycles. The number of carboxylic acids is 1. The van der Waals surface area contributed by atoms with Gasteiger partial charge in [0.15, 0.2) is 0 Å². The van der Waals surface area contributed by atoms with Crippen molar-refractivity contribution in [2.24, 2.45) is 23.7 Å². The van der Waals surface area contributed by atoms with Crippen LogP contribution < -0.4 is 5.32 Å². The van der Waals surface area contributed by atoms with Gasteiger partial charge in [-0.3, -0.25) is 9.59 Å². The summed E-state index contributed by atoms with van der Waals surface area (Å²) in [6.45, 7) is 14.3. The molecule has 2 N–H and O–H groups in total. The second-order valence-electron chi connectivity index (χ2n) is 12.0. The molecule has 192 valence electrons. The first kappa shape index (κ1) is 26.8. The number of carbonyl (C=O) groups is 3. The van der Waals surface area contributed by atoms with Gasteiger partial charge in [-0.25, -0.2) is 4.79 Å². The number of amides is 2. The van der Waals surface area contributed by atoms with Crippen molar-refractivity contribution in [1.82, 2.24) is 10.2 Å². The number of ether oxygens (including phenoxy) is 1. The maximum atomic E-state index is 12.7. The van der Waals surface area contributed by atoms with Gasteiger partial charge in [-0.15, -0.1) is 0 Å². The first-order chi connectivity index (χ1) is 15.6. The van der Waals surface area contributed by atoms with Gasteiger partial charge in [-0.05, 0) is 85.4 Å². The molecule has 34 heavy (non-hydrogen) atoms. The molecule has 3 fully saturated rings. The molecule has 9 nitrogen and oxygen atoms in total. The molecule has 3 unspecified atom stereocenters. The van der Waals surface area contributed by atoms with Crippen molar-refractivity contribution in [2.75, 3.05) is 19.6 Å². The predicted octanol–water partition coefficient (Wildman–Crippen LogP) is 3.18. The molecule has 0 bridgehead atoms. The van der Waals surface area contributed by atoms with E-state index in [0.29, 0.717) is 19.5 Å². The van der Waals surface area contributed by atoms with E-state index in [4.69, 9.17) is 14.0 Å².